The maximum absolute atomic E-state index is 6.05. The topological polar surface area (TPSA) is 46.2 Å². The largest absolute Gasteiger partial charge is 0.497 e. The second kappa shape index (κ2) is 13.1. The summed E-state index contributed by atoms with van der Waals surface area (Å²) in [6.45, 7) is 9.65. The Morgan fingerprint density at radius 3 is 0.951 bits per heavy atom. The monoisotopic (exact) mass is 554 g/mol. The van der Waals surface area contributed by atoms with Gasteiger partial charge in [0.1, 0.15) is 42.3 Å². The van der Waals surface area contributed by atoms with Crippen molar-refractivity contribution in [2.75, 3.05) is 34.5 Å². The first-order chi connectivity index (χ1) is 19.7. The first kappa shape index (κ1) is 30.0. The Morgan fingerprint density at radius 2 is 0.707 bits per heavy atom. The second-order valence-electron chi connectivity index (χ2n) is 11.2. The fourth-order valence-electron chi connectivity index (χ4n) is 4.85. The van der Waals surface area contributed by atoms with Crippen molar-refractivity contribution < 1.29 is 23.7 Å². The highest BCUT2D eigenvalue weighted by Crippen LogP contribution is 2.34. The highest BCUT2D eigenvalue weighted by atomic mass is 16.6. The van der Waals surface area contributed by atoms with E-state index in [1.165, 1.54) is 22.3 Å². The number of benzene rings is 4. The molecule has 0 aliphatic heterocycles. The van der Waals surface area contributed by atoms with E-state index in [1.807, 2.05) is 48.5 Å². The van der Waals surface area contributed by atoms with Crippen molar-refractivity contribution in [3.63, 3.8) is 0 Å². The summed E-state index contributed by atoms with van der Waals surface area (Å²) in [4.78, 5) is 0. The molecule has 0 amide bonds. The van der Waals surface area contributed by atoms with E-state index < -0.39 is 0 Å². The lowest BCUT2D eigenvalue weighted by atomic mass is 9.78. The summed E-state index contributed by atoms with van der Waals surface area (Å²) in [5, 5.41) is 0. The molecular weight excluding hydrogens is 512 g/mol. The Balaban J connectivity index is 1.30. The van der Waals surface area contributed by atoms with Crippen LogP contribution in [0.4, 0.5) is 0 Å². The van der Waals surface area contributed by atoms with Gasteiger partial charge in [0.25, 0.3) is 0 Å². The molecule has 0 radical (unpaired) electrons. The second-order valence-corrected chi connectivity index (χ2v) is 11.2. The number of hydrogen-bond donors (Lipinski definition) is 0. The number of methoxy groups -OCH3 is 3. The van der Waals surface area contributed by atoms with Crippen molar-refractivity contribution >= 4 is 0 Å². The van der Waals surface area contributed by atoms with Crippen LogP contribution in [0.25, 0.3) is 0 Å². The van der Waals surface area contributed by atoms with Gasteiger partial charge in [0.05, 0.1) is 14.2 Å². The molecule has 216 valence electrons. The molecule has 0 heterocycles. The molecule has 0 N–H and O–H groups in total. The third kappa shape index (κ3) is 7.22. The summed E-state index contributed by atoms with van der Waals surface area (Å²) in [7, 11) is 5.04. The molecule has 4 rings (SSSR count). The van der Waals surface area contributed by atoms with Gasteiger partial charge in [0.2, 0.25) is 0 Å². The average Bonchev–Trinajstić information content (AvgIpc) is 3.01. The highest BCUT2D eigenvalue weighted by molar-refractivity contribution is 5.43. The minimum absolute atomic E-state index is 0.146. The molecule has 0 aromatic heterocycles. The summed E-state index contributed by atoms with van der Waals surface area (Å²) >= 11 is 0. The smallest absolute Gasteiger partial charge is 0.125 e. The molecule has 41 heavy (non-hydrogen) atoms. The van der Waals surface area contributed by atoms with Crippen molar-refractivity contribution in [1.82, 2.24) is 0 Å². The van der Waals surface area contributed by atoms with Gasteiger partial charge in [-0.25, -0.2) is 0 Å². The first-order valence-electron chi connectivity index (χ1n) is 14.0. The molecular formula is C36H42O5. The van der Waals surface area contributed by atoms with Gasteiger partial charge in [-0.15, -0.1) is 0 Å². The number of ether oxygens (including phenoxy) is 5. The van der Waals surface area contributed by atoms with Gasteiger partial charge < -0.3 is 23.7 Å². The van der Waals surface area contributed by atoms with Crippen LogP contribution in [0.15, 0.2) is 97.1 Å². The molecule has 0 saturated carbocycles. The molecule has 0 spiro atoms. The van der Waals surface area contributed by atoms with Crippen LogP contribution >= 0.6 is 0 Å². The van der Waals surface area contributed by atoms with Crippen molar-refractivity contribution in [2.24, 2.45) is 0 Å². The van der Waals surface area contributed by atoms with Crippen LogP contribution in [-0.2, 0) is 15.6 Å². The SMILES string of the molecule is COc1ccc(C(C)(C)c2ccc(OCC(COc3ccc(C(C)(C)c4ccc(OC)cc4)cc3)OC)cc2)cc1. The maximum Gasteiger partial charge on any atom is 0.125 e. The van der Waals surface area contributed by atoms with Crippen LogP contribution in [0.1, 0.15) is 49.9 Å². The van der Waals surface area contributed by atoms with Gasteiger partial charge in [0, 0.05) is 17.9 Å². The van der Waals surface area contributed by atoms with Crippen molar-refractivity contribution in [3.8, 4) is 23.0 Å². The Morgan fingerprint density at radius 1 is 0.439 bits per heavy atom. The molecule has 5 nitrogen and oxygen atoms in total. The zero-order chi connectivity index (χ0) is 29.5. The van der Waals surface area contributed by atoms with Crippen LogP contribution in [0.5, 0.6) is 23.0 Å². The molecule has 0 aliphatic carbocycles. The third-order valence-electron chi connectivity index (χ3n) is 7.98. The number of rotatable bonds is 13. The van der Waals surface area contributed by atoms with Gasteiger partial charge >= 0.3 is 0 Å². The van der Waals surface area contributed by atoms with E-state index >= 15 is 0 Å². The zero-order valence-corrected chi connectivity index (χ0v) is 25.3. The van der Waals surface area contributed by atoms with Gasteiger partial charge in [-0.2, -0.15) is 0 Å². The maximum atomic E-state index is 6.05. The minimum Gasteiger partial charge on any atom is -0.497 e. The van der Waals surface area contributed by atoms with Crippen molar-refractivity contribution in [2.45, 2.75) is 44.6 Å². The van der Waals surface area contributed by atoms with Crippen molar-refractivity contribution in [3.05, 3.63) is 119 Å². The molecule has 0 atom stereocenters. The summed E-state index contributed by atoms with van der Waals surface area (Å²) in [5.41, 5.74) is 4.57. The van der Waals surface area contributed by atoms with Gasteiger partial charge in [-0.1, -0.05) is 76.2 Å². The fourth-order valence-corrected chi connectivity index (χ4v) is 4.85. The van der Waals surface area contributed by atoms with E-state index in [1.54, 1.807) is 21.3 Å². The Hall–Kier alpha value is -3.96. The van der Waals surface area contributed by atoms with E-state index in [0.29, 0.717) is 13.2 Å². The van der Waals surface area contributed by atoms with Crippen LogP contribution in [0.2, 0.25) is 0 Å². The molecule has 0 aliphatic rings. The Kier molecular flexibility index (Phi) is 9.61. The number of hydrogen-bond acceptors (Lipinski definition) is 5. The Bertz CT molecular complexity index is 1250. The highest BCUT2D eigenvalue weighted by Gasteiger charge is 2.24. The minimum atomic E-state index is -0.208. The summed E-state index contributed by atoms with van der Waals surface area (Å²) in [5.74, 6) is 3.31. The lowest BCUT2D eigenvalue weighted by Gasteiger charge is -2.27. The zero-order valence-electron chi connectivity index (χ0n) is 25.3. The first-order valence-corrected chi connectivity index (χ1v) is 14.0. The molecule has 5 heteroatoms. The van der Waals surface area contributed by atoms with Gasteiger partial charge in [0.15, 0.2) is 0 Å². The molecule has 0 unspecified atom stereocenters. The van der Waals surface area contributed by atoms with E-state index in [4.69, 9.17) is 23.7 Å². The molecule has 4 aromatic rings. The third-order valence-corrected chi connectivity index (χ3v) is 7.98. The summed E-state index contributed by atoms with van der Waals surface area (Å²) in [6, 6.07) is 33.0. The van der Waals surface area contributed by atoms with E-state index in [-0.39, 0.29) is 16.9 Å². The van der Waals surface area contributed by atoms with E-state index in [0.717, 1.165) is 23.0 Å². The predicted octanol–water partition coefficient (Wildman–Crippen LogP) is 7.83. The van der Waals surface area contributed by atoms with Crippen LogP contribution < -0.4 is 18.9 Å². The average molecular weight is 555 g/mol. The molecule has 4 aromatic carbocycles. The molecule has 0 bridgehead atoms. The molecule has 0 fully saturated rings. The normalized spacial score (nSPS) is 11.8. The van der Waals surface area contributed by atoms with Gasteiger partial charge in [-0.05, 0) is 70.8 Å². The van der Waals surface area contributed by atoms with Crippen LogP contribution in [0, 0.1) is 0 Å². The quantitative estimate of drug-likeness (QED) is 0.169. The predicted molar refractivity (Wildman–Crippen MR) is 165 cm³/mol. The lowest BCUT2D eigenvalue weighted by molar-refractivity contribution is 0.0237. The van der Waals surface area contributed by atoms with Crippen LogP contribution in [-0.4, -0.2) is 40.6 Å². The Labute approximate surface area is 245 Å². The van der Waals surface area contributed by atoms with Crippen LogP contribution in [0.3, 0.4) is 0 Å². The standard InChI is InChI=1S/C36H42O5/c1-35(2,26-8-16-30(37-5)17-9-26)28-12-20-32(21-13-28)40-24-34(39-7)25-41-33-22-14-29(15-23-33)36(3,4)27-10-18-31(38-6)19-11-27/h8-23,34H,24-25H2,1-7H3. The van der Waals surface area contributed by atoms with Gasteiger partial charge in [-0.3, -0.25) is 0 Å². The van der Waals surface area contributed by atoms with E-state index in [9.17, 15) is 0 Å². The van der Waals surface area contributed by atoms with E-state index in [2.05, 4.69) is 76.2 Å². The summed E-state index contributed by atoms with van der Waals surface area (Å²) < 4.78 is 28.3. The molecule has 0 saturated heterocycles. The lowest BCUT2D eigenvalue weighted by Crippen LogP contribution is -2.27. The summed E-state index contributed by atoms with van der Waals surface area (Å²) in [6.07, 6.45) is -0.208. The van der Waals surface area contributed by atoms with Crippen molar-refractivity contribution in [1.29, 1.82) is 0 Å². The fraction of sp³-hybridized carbons (Fsp3) is 0.333.